The van der Waals surface area contributed by atoms with Gasteiger partial charge in [-0.2, -0.15) is 0 Å². The van der Waals surface area contributed by atoms with Gasteiger partial charge in [-0.05, 0) is 19.3 Å². The van der Waals surface area contributed by atoms with E-state index in [0.29, 0.717) is 13.0 Å². The van der Waals surface area contributed by atoms with Crippen molar-refractivity contribution in [1.82, 2.24) is 14.7 Å². The first-order valence-electron chi connectivity index (χ1n) is 5.28. The minimum Gasteiger partial charge on any atom is -0.378 e. The molecule has 1 atom stereocenters. The van der Waals surface area contributed by atoms with E-state index in [0.717, 1.165) is 19.4 Å². The number of sulfonamides is 1. The SMILES string of the molecule is O=S(=O)(NCCC1CCCO1)c1cnc[nH]1. The van der Waals surface area contributed by atoms with Crippen LogP contribution in [0.4, 0.5) is 0 Å². The predicted molar refractivity (Wildman–Crippen MR) is 57.4 cm³/mol. The van der Waals surface area contributed by atoms with Crippen LogP contribution in [0.3, 0.4) is 0 Å². The van der Waals surface area contributed by atoms with Gasteiger partial charge in [0.05, 0.1) is 18.6 Å². The van der Waals surface area contributed by atoms with Gasteiger partial charge < -0.3 is 9.72 Å². The summed E-state index contributed by atoms with van der Waals surface area (Å²) in [7, 11) is -3.43. The zero-order valence-electron chi connectivity index (χ0n) is 8.85. The van der Waals surface area contributed by atoms with Gasteiger partial charge in [-0.25, -0.2) is 18.1 Å². The number of nitrogens with one attached hydrogen (secondary N) is 2. The van der Waals surface area contributed by atoms with E-state index in [1.54, 1.807) is 0 Å². The maximum atomic E-state index is 11.6. The van der Waals surface area contributed by atoms with E-state index in [4.69, 9.17) is 4.74 Å². The number of rotatable bonds is 5. The third-order valence-corrected chi connectivity index (χ3v) is 3.93. The molecule has 1 aliphatic heterocycles. The van der Waals surface area contributed by atoms with Crippen molar-refractivity contribution in [2.24, 2.45) is 0 Å². The van der Waals surface area contributed by atoms with Crippen LogP contribution in [-0.4, -0.2) is 37.6 Å². The Kier molecular flexibility index (Phi) is 3.57. The van der Waals surface area contributed by atoms with Crippen molar-refractivity contribution < 1.29 is 13.2 Å². The molecule has 1 aromatic rings. The van der Waals surface area contributed by atoms with E-state index in [2.05, 4.69) is 14.7 Å². The second-order valence-electron chi connectivity index (χ2n) is 3.74. The number of H-pyrrole nitrogens is 1. The quantitative estimate of drug-likeness (QED) is 0.779. The van der Waals surface area contributed by atoms with Gasteiger partial charge in [0.15, 0.2) is 5.03 Å². The van der Waals surface area contributed by atoms with Crippen molar-refractivity contribution in [3.8, 4) is 0 Å². The fraction of sp³-hybridized carbons (Fsp3) is 0.667. The second kappa shape index (κ2) is 4.94. The third kappa shape index (κ3) is 2.81. The molecule has 16 heavy (non-hydrogen) atoms. The molecule has 0 amide bonds. The van der Waals surface area contributed by atoms with Crippen LogP contribution in [-0.2, 0) is 14.8 Å². The highest BCUT2D eigenvalue weighted by atomic mass is 32.2. The van der Waals surface area contributed by atoms with E-state index < -0.39 is 10.0 Å². The normalized spacial score (nSPS) is 21.4. The number of imidazole rings is 1. The molecule has 0 bridgehead atoms. The molecule has 6 nitrogen and oxygen atoms in total. The average Bonchev–Trinajstić information content (AvgIpc) is 2.90. The number of ether oxygens (including phenoxy) is 1. The third-order valence-electron chi connectivity index (χ3n) is 2.55. The first kappa shape index (κ1) is 11.6. The van der Waals surface area contributed by atoms with Gasteiger partial charge >= 0.3 is 0 Å². The molecule has 7 heteroatoms. The number of aromatic amines is 1. The van der Waals surface area contributed by atoms with Gasteiger partial charge in [-0.15, -0.1) is 0 Å². The summed E-state index contributed by atoms with van der Waals surface area (Å²) in [6, 6.07) is 0. The van der Waals surface area contributed by atoms with Crippen LogP contribution >= 0.6 is 0 Å². The maximum Gasteiger partial charge on any atom is 0.257 e. The number of nitrogens with zero attached hydrogens (tertiary/aromatic N) is 1. The minimum atomic E-state index is -3.43. The summed E-state index contributed by atoms with van der Waals surface area (Å²) >= 11 is 0. The number of hydrogen-bond donors (Lipinski definition) is 2. The Labute approximate surface area is 94.5 Å². The molecule has 0 radical (unpaired) electrons. The van der Waals surface area contributed by atoms with Gasteiger partial charge in [0.2, 0.25) is 0 Å². The van der Waals surface area contributed by atoms with Gasteiger partial charge in [-0.3, -0.25) is 0 Å². The van der Waals surface area contributed by atoms with Crippen molar-refractivity contribution in [3.05, 3.63) is 12.5 Å². The fourth-order valence-electron chi connectivity index (χ4n) is 1.69. The Morgan fingerprint density at radius 3 is 3.12 bits per heavy atom. The lowest BCUT2D eigenvalue weighted by Gasteiger charge is -2.09. The average molecular weight is 245 g/mol. The molecule has 2 heterocycles. The molecule has 1 fully saturated rings. The largest absolute Gasteiger partial charge is 0.378 e. The van der Waals surface area contributed by atoms with Crippen LogP contribution < -0.4 is 4.72 Å². The lowest BCUT2D eigenvalue weighted by atomic mass is 10.2. The summed E-state index contributed by atoms with van der Waals surface area (Å²) in [6.45, 7) is 1.18. The van der Waals surface area contributed by atoms with Crippen molar-refractivity contribution >= 4 is 10.0 Å². The summed E-state index contributed by atoms with van der Waals surface area (Å²) in [4.78, 5) is 6.24. The number of hydrogen-bond acceptors (Lipinski definition) is 4. The van der Waals surface area contributed by atoms with Gasteiger partial charge in [0.1, 0.15) is 0 Å². The van der Waals surface area contributed by atoms with Crippen molar-refractivity contribution in [1.29, 1.82) is 0 Å². The molecule has 2 rings (SSSR count). The molecule has 1 aliphatic rings. The van der Waals surface area contributed by atoms with Crippen molar-refractivity contribution in [2.45, 2.75) is 30.4 Å². The van der Waals surface area contributed by atoms with Crippen LogP contribution in [0.1, 0.15) is 19.3 Å². The second-order valence-corrected chi connectivity index (χ2v) is 5.47. The first-order chi connectivity index (χ1) is 7.68. The van der Waals surface area contributed by atoms with Crippen LogP contribution in [0.2, 0.25) is 0 Å². The zero-order valence-corrected chi connectivity index (χ0v) is 9.66. The predicted octanol–water partition coefficient (Wildman–Crippen LogP) is 0.257. The number of aromatic nitrogens is 2. The van der Waals surface area contributed by atoms with E-state index in [1.807, 2.05) is 0 Å². The molecule has 0 saturated carbocycles. The Hall–Kier alpha value is -0.920. The summed E-state index contributed by atoms with van der Waals surface area (Å²) in [6.07, 6.45) is 5.63. The molecule has 1 unspecified atom stereocenters. The highest BCUT2D eigenvalue weighted by molar-refractivity contribution is 7.89. The monoisotopic (exact) mass is 245 g/mol. The maximum absolute atomic E-state index is 11.6. The Morgan fingerprint density at radius 1 is 1.62 bits per heavy atom. The zero-order chi connectivity index (χ0) is 11.4. The van der Waals surface area contributed by atoms with E-state index in [-0.39, 0.29) is 11.1 Å². The Balaban J connectivity index is 1.81. The highest BCUT2D eigenvalue weighted by Gasteiger charge is 2.18. The van der Waals surface area contributed by atoms with Gasteiger partial charge in [0, 0.05) is 13.2 Å². The first-order valence-corrected chi connectivity index (χ1v) is 6.76. The van der Waals surface area contributed by atoms with Crippen LogP contribution in [0.15, 0.2) is 17.6 Å². The Morgan fingerprint density at radius 2 is 2.50 bits per heavy atom. The minimum absolute atomic E-state index is 0.0971. The van der Waals surface area contributed by atoms with Crippen LogP contribution in [0.25, 0.3) is 0 Å². The molecule has 2 N–H and O–H groups in total. The summed E-state index contributed by atoms with van der Waals surface area (Å²) < 4.78 is 31.2. The summed E-state index contributed by atoms with van der Waals surface area (Å²) in [5.41, 5.74) is 0. The van der Waals surface area contributed by atoms with E-state index >= 15 is 0 Å². The van der Waals surface area contributed by atoms with E-state index in [1.165, 1.54) is 12.5 Å². The van der Waals surface area contributed by atoms with Crippen molar-refractivity contribution in [2.75, 3.05) is 13.2 Å². The topological polar surface area (TPSA) is 84.1 Å². The molecular formula is C9H15N3O3S. The highest BCUT2D eigenvalue weighted by Crippen LogP contribution is 2.14. The Bertz CT molecular complexity index is 409. The molecule has 0 aromatic carbocycles. The van der Waals surface area contributed by atoms with Gasteiger partial charge in [-0.1, -0.05) is 0 Å². The molecule has 0 aliphatic carbocycles. The van der Waals surface area contributed by atoms with Crippen molar-refractivity contribution in [3.63, 3.8) is 0 Å². The molecule has 1 aromatic heterocycles. The summed E-state index contributed by atoms with van der Waals surface area (Å²) in [5, 5.41) is 0.0971. The molecular weight excluding hydrogens is 230 g/mol. The molecule has 1 saturated heterocycles. The standard InChI is InChI=1S/C9H15N3O3S/c13-16(14,9-6-10-7-11-9)12-4-3-8-2-1-5-15-8/h6-8,12H,1-5H2,(H,10,11). The smallest absolute Gasteiger partial charge is 0.257 e. The lowest BCUT2D eigenvalue weighted by molar-refractivity contribution is 0.105. The fourth-order valence-corrected chi connectivity index (χ4v) is 2.64. The molecule has 0 spiro atoms. The molecule has 90 valence electrons. The van der Waals surface area contributed by atoms with Crippen LogP contribution in [0, 0.1) is 0 Å². The van der Waals surface area contributed by atoms with E-state index in [9.17, 15) is 8.42 Å². The lowest BCUT2D eigenvalue weighted by Crippen LogP contribution is -2.27. The summed E-state index contributed by atoms with van der Waals surface area (Å²) in [5.74, 6) is 0. The van der Waals surface area contributed by atoms with Gasteiger partial charge in [0.25, 0.3) is 10.0 Å². The van der Waals surface area contributed by atoms with Crippen LogP contribution in [0.5, 0.6) is 0 Å².